The Morgan fingerprint density at radius 3 is 2.50 bits per heavy atom. The number of carboxylic acid groups (broad SMARTS) is 1. The predicted molar refractivity (Wildman–Crippen MR) is 50.5 cm³/mol. The highest BCUT2D eigenvalue weighted by atomic mass is 16.5. The number of phenolic OH excluding ortho intramolecular Hbond substituents is 1. The van der Waals surface area contributed by atoms with Crippen LogP contribution in [-0.4, -0.2) is 22.8 Å². The van der Waals surface area contributed by atoms with E-state index in [9.17, 15) is 4.79 Å². The topological polar surface area (TPSA) is 66.8 Å². The molecule has 0 aliphatic rings. The fourth-order valence-corrected chi connectivity index (χ4v) is 0.956. The molecule has 0 aromatic heterocycles. The molecule has 0 saturated heterocycles. The van der Waals surface area contributed by atoms with E-state index < -0.39 is 5.97 Å². The van der Waals surface area contributed by atoms with E-state index in [2.05, 4.69) is 0 Å². The van der Waals surface area contributed by atoms with E-state index >= 15 is 0 Å². The third-order valence-electron chi connectivity index (χ3n) is 1.64. The van der Waals surface area contributed by atoms with Gasteiger partial charge in [0.1, 0.15) is 11.5 Å². The molecule has 4 nitrogen and oxygen atoms in total. The number of carboxylic acids is 1. The summed E-state index contributed by atoms with van der Waals surface area (Å²) in [5.41, 5.74) is 0. The average Bonchev–Trinajstić information content (AvgIpc) is 2.15. The van der Waals surface area contributed by atoms with Crippen molar-refractivity contribution in [3.05, 3.63) is 24.3 Å². The van der Waals surface area contributed by atoms with Gasteiger partial charge in [-0.05, 0) is 30.7 Å². The zero-order valence-corrected chi connectivity index (χ0v) is 7.64. The van der Waals surface area contributed by atoms with Crippen molar-refractivity contribution in [3.63, 3.8) is 0 Å². The Bertz CT molecular complexity index is 291. The van der Waals surface area contributed by atoms with Gasteiger partial charge in [-0.15, -0.1) is 0 Å². The number of aromatic hydroxyl groups is 1. The van der Waals surface area contributed by atoms with E-state index in [1.165, 1.54) is 12.1 Å². The largest absolute Gasteiger partial charge is 0.508 e. The maximum Gasteiger partial charge on any atom is 0.303 e. The summed E-state index contributed by atoms with van der Waals surface area (Å²) >= 11 is 0. The summed E-state index contributed by atoms with van der Waals surface area (Å²) in [5.74, 6) is -0.00428. The van der Waals surface area contributed by atoms with E-state index in [1.54, 1.807) is 12.1 Å². The predicted octanol–water partition coefficient (Wildman–Crippen LogP) is 1.64. The molecule has 2 N–H and O–H groups in total. The highest BCUT2D eigenvalue weighted by molar-refractivity contribution is 5.66. The lowest BCUT2D eigenvalue weighted by molar-refractivity contribution is -0.137. The van der Waals surface area contributed by atoms with Crippen molar-refractivity contribution in [3.8, 4) is 11.5 Å². The van der Waals surface area contributed by atoms with Crippen LogP contribution >= 0.6 is 0 Å². The Balaban J connectivity index is 2.25. The molecule has 14 heavy (non-hydrogen) atoms. The summed E-state index contributed by atoms with van der Waals surface area (Å²) in [4.78, 5) is 10.2. The number of benzene rings is 1. The molecule has 0 aliphatic heterocycles. The minimum atomic E-state index is -0.820. The fourth-order valence-electron chi connectivity index (χ4n) is 0.956. The molecule has 0 radical (unpaired) electrons. The van der Waals surface area contributed by atoms with Gasteiger partial charge < -0.3 is 14.9 Å². The maximum atomic E-state index is 10.2. The Labute approximate surface area is 81.8 Å². The van der Waals surface area contributed by atoms with Crippen molar-refractivity contribution in [1.82, 2.24) is 0 Å². The summed E-state index contributed by atoms with van der Waals surface area (Å²) in [7, 11) is 0. The molecule has 0 heterocycles. The van der Waals surface area contributed by atoms with Gasteiger partial charge in [-0.3, -0.25) is 4.79 Å². The molecule has 1 aromatic rings. The smallest absolute Gasteiger partial charge is 0.303 e. The van der Waals surface area contributed by atoms with Gasteiger partial charge in [0.05, 0.1) is 6.61 Å². The summed E-state index contributed by atoms with van der Waals surface area (Å²) in [6.07, 6.45) is 0.592. The maximum absolute atomic E-state index is 10.2. The zero-order chi connectivity index (χ0) is 10.4. The molecule has 76 valence electrons. The number of phenols is 1. The number of hydrogen-bond acceptors (Lipinski definition) is 3. The van der Waals surface area contributed by atoms with Gasteiger partial charge in [0.15, 0.2) is 0 Å². The van der Waals surface area contributed by atoms with E-state index in [0.29, 0.717) is 18.8 Å². The lowest BCUT2D eigenvalue weighted by Gasteiger charge is -2.04. The molecule has 0 fully saturated rings. The molecule has 0 spiro atoms. The minimum Gasteiger partial charge on any atom is -0.508 e. The summed E-state index contributed by atoms with van der Waals surface area (Å²) in [6.45, 7) is 0.372. The first kappa shape index (κ1) is 10.4. The van der Waals surface area contributed by atoms with Crippen LogP contribution in [0.15, 0.2) is 24.3 Å². The van der Waals surface area contributed by atoms with E-state index in [-0.39, 0.29) is 12.2 Å². The second-order valence-electron chi connectivity index (χ2n) is 2.84. The molecule has 4 heteroatoms. The Morgan fingerprint density at radius 2 is 1.93 bits per heavy atom. The van der Waals surface area contributed by atoms with Gasteiger partial charge in [-0.2, -0.15) is 0 Å². The number of ether oxygens (including phenoxy) is 1. The number of rotatable bonds is 5. The van der Waals surface area contributed by atoms with Gasteiger partial charge in [-0.25, -0.2) is 0 Å². The summed E-state index contributed by atoms with van der Waals surface area (Å²) in [5, 5.41) is 17.3. The molecule has 0 aliphatic carbocycles. The number of hydrogen-bond donors (Lipinski definition) is 2. The van der Waals surface area contributed by atoms with Gasteiger partial charge >= 0.3 is 5.97 Å². The highest BCUT2D eigenvalue weighted by Crippen LogP contribution is 2.15. The first-order valence-corrected chi connectivity index (χ1v) is 4.32. The van der Waals surface area contributed by atoms with Crippen molar-refractivity contribution >= 4 is 5.97 Å². The van der Waals surface area contributed by atoms with Crippen LogP contribution in [-0.2, 0) is 4.79 Å². The lowest BCUT2D eigenvalue weighted by atomic mass is 10.3. The van der Waals surface area contributed by atoms with Crippen LogP contribution in [0, 0.1) is 0 Å². The first-order valence-electron chi connectivity index (χ1n) is 4.32. The van der Waals surface area contributed by atoms with Crippen LogP contribution in [0.1, 0.15) is 12.8 Å². The van der Waals surface area contributed by atoms with Crippen molar-refractivity contribution in [2.24, 2.45) is 0 Å². The third kappa shape index (κ3) is 3.80. The van der Waals surface area contributed by atoms with Crippen molar-refractivity contribution in [2.45, 2.75) is 12.8 Å². The van der Waals surface area contributed by atoms with Crippen LogP contribution in [0.25, 0.3) is 0 Å². The van der Waals surface area contributed by atoms with Crippen LogP contribution < -0.4 is 4.74 Å². The van der Waals surface area contributed by atoms with Crippen molar-refractivity contribution in [2.75, 3.05) is 6.61 Å². The lowest BCUT2D eigenvalue weighted by Crippen LogP contribution is -2.01. The molecule has 1 rings (SSSR count). The normalized spacial score (nSPS) is 9.71. The minimum absolute atomic E-state index is 0.109. The van der Waals surface area contributed by atoms with Crippen LogP contribution in [0.3, 0.4) is 0 Å². The standard InChI is InChI=1S/C10H12O4/c11-8-3-5-9(6-4-8)14-7-1-2-10(12)13/h3-6,11H,1-2,7H2,(H,12,13). The molecule has 0 saturated carbocycles. The van der Waals surface area contributed by atoms with Crippen LogP contribution in [0.5, 0.6) is 11.5 Å². The van der Waals surface area contributed by atoms with Gasteiger partial charge in [0.2, 0.25) is 0 Å². The van der Waals surface area contributed by atoms with Gasteiger partial charge in [0.25, 0.3) is 0 Å². The quantitative estimate of drug-likeness (QED) is 0.702. The molecule has 0 atom stereocenters. The zero-order valence-electron chi connectivity index (χ0n) is 7.64. The molecule has 1 aromatic carbocycles. The first-order chi connectivity index (χ1) is 6.68. The number of aliphatic carboxylic acids is 1. The Kier molecular flexibility index (Phi) is 3.79. The SMILES string of the molecule is O=C(O)CCCOc1ccc(O)cc1. The van der Waals surface area contributed by atoms with Crippen LogP contribution in [0.2, 0.25) is 0 Å². The summed E-state index contributed by atoms with van der Waals surface area (Å²) < 4.78 is 5.24. The van der Waals surface area contributed by atoms with Crippen molar-refractivity contribution < 1.29 is 19.7 Å². The highest BCUT2D eigenvalue weighted by Gasteiger charge is 1.97. The third-order valence-corrected chi connectivity index (χ3v) is 1.64. The second kappa shape index (κ2) is 5.11. The van der Waals surface area contributed by atoms with Crippen molar-refractivity contribution in [1.29, 1.82) is 0 Å². The monoisotopic (exact) mass is 196 g/mol. The fraction of sp³-hybridized carbons (Fsp3) is 0.300. The van der Waals surface area contributed by atoms with E-state index in [4.69, 9.17) is 14.9 Å². The Morgan fingerprint density at radius 1 is 1.29 bits per heavy atom. The Hall–Kier alpha value is -1.71. The van der Waals surface area contributed by atoms with Gasteiger partial charge in [-0.1, -0.05) is 0 Å². The van der Waals surface area contributed by atoms with Crippen LogP contribution in [0.4, 0.5) is 0 Å². The molecule has 0 bridgehead atoms. The molecular weight excluding hydrogens is 184 g/mol. The van der Waals surface area contributed by atoms with E-state index in [1.807, 2.05) is 0 Å². The second-order valence-corrected chi connectivity index (χ2v) is 2.84. The van der Waals surface area contributed by atoms with Gasteiger partial charge in [0, 0.05) is 6.42 Å². The summed E-state index contributed by atoms with van der Waals surface area (Å²) in [6, 6.07) is 6.31. The number of carbonyl (C=O) groups is 1. The molecule has 0 amide bonds. The molecular formula is C10H12O4. The average molecular weight is 196 g/mol. The molecule has 0 unspecified atom stereocenters. The van der Waals surface area contributed by atoms with E-state index in [0.717, 1.165) is 0 Å².